The molecule has 4 aromatic rings. The number of fused-ring (bicyclic) bond motifs is 1. The summed E-state index contributed by atoms with van der Waals surface area (Å²) in [5, 5.41) is 4.39. The predicted molar refractivity (Wildman–Crippen MR) is 122 cm³/mol. The highest BCUT2D eigenvalue weighted by Gasteiger charge is 2.26. The summed E-state index contributed by atoms with van der Waals surface area (Å²) in [6, 6.07) is 7.71. The molecule has 4 aromatic heterocycles. The molecule has 5 heterocycles. The van der Waals surface area contributed by atoms with E-state index in [0.29, 0.717) is 34.8 Å². The highest BCUT2D eigenvalue weighted by molar-refractivity contribution is 9.10. The monoisotopic (exact) mass is 499 g/mol. The van der Waals surface area contributed by atoms with E-state index in [0.717, 1.165) is 22.4 Å². The first kappa shape index (κ1) is 19.9. The van der Waals surface area contributed by atoms with Gasteiger partial charge >= 0.3 is 0 Å². The van der Waals surface area contributed by atoms with Crippen molar-refractivity contribution in [3.05, 3.63) is 53.5 Å². The predicted octanol–water partition coefficient (Wildman–Crippen LogP) is 2.43. The molecule has 0 aromatic carbocycles. The van der Waals surface area contributed by atoms with Crippen LogP contribution in [0.4, 0.5) is 11.6 Å². The summed E-state index contributed by atoms with van der Waals surface area (Å²) in [6.45, 7) is 0.739. The molecule has 2 N–H and O–H groups in total. The van der Waals surface area contributed by atoms with Crippen LogP contribution in [0.3, 0.4) is 0 Å². The Labute approximate surface area is 187 Å². The number of nitrogens with zero attached hydrogens (tertiary/aromatic N) is 6. The maximum Gasteiger partial charge on any atom is 0.167 e. The zero-order valence-corrected chi connectivity index (χ0v) is 18.7. The molecule has 5 rings (SSSR count). The van der Waals surface area contributed by atoms with Gasteiger partial charge < -0.3 is 10.6 Å². The van der Waals surface area contributed by atoms with Gasteiger partial charge in [0.1, 0.15) is 16.1 Å². The van der Waals surface area contributed by atoms with Crippen molar-refractivity contribution in [2.24, 2.45) is 0 Å². The lowest BCUT2D eigenvalue weighted by Crippen LogP contribution is -2.41. The quantitative estimate of drug-likeness (QED) is 0.456. The van der Waals surface area contributed by atoms with Crippen LogP contribution >= 0.6 is 15.9 Å². The Kier molecular flexibility index (Phi) is 4.86. The number of nitrogens with two attached hydrogens (primary N) is 1. The second kappa shape index (κ2) is 7.57. The fraction of sp³-hybridized carbons (Fsp3) is 0.200. The number of nitrogen functional groups attached to an aromatic ring is 1. The summed E-state index contributed by atoms with van der Waals surface area (Å²) in [5.74, 6) is 1.21. The number of halogens is 1. The first-order valence-corrected chi connectivity index (χ1v) is 12.2. The van der Waals surface area contributed by atoms with Gasteiger partial charge in [-0.15, -0.1) is 0 Å². The SMILES string of the molecule is Nc1c(Br)c(N2CCS(=O)(=O)CC2)nc2c(-c3ccc(-c4cccnc4)nc3)cnn12. The van der Waals surface area contributed by atoms with Crippen LogP contribution in [0.15, 0.2) is 53.5 Å². The third-order valence-corrected chi connectivity index (χ3v) is 7.65. The van der Waals surface area contributed by atoms with Crippen molar-refractivity contribution in [1.29, 1.82) is 0 Å². The molecule has 11 heteroatoms. The molecule has 0 saturated carbocycles. The van der Waals surface area contributed by atoms with Crippen molar-refractivity contribution in [1.82, 2.24) is 24.6 Å². The Morgan fingerprint density at radius 3 is 2.52 bits per heavy atom. The van der Waals surface area contributed by atoms with E-state index in [9.17, 15) is 8.42 Å². The van der Waals surface area contributed by atoms with Crippen LogP contribution in [0.5, 0.6) is 0 Å². The van der Waals surface area contributed by atoms with Crippen LogP contribution in [0.25, 0.3) is 28.0 Å². The van der Waals surface area contributed by atoms with Crippen LogP contribution in [-0.4, -0.2) is 57.6 Å². The Hall–Kier alpha value is -3.05. The lowest BCUT2D eigenvalue weighted by molar-refractivity contribution is 0.586. The summed E-state index contributed by atoms with van der Waals surface area (Å²) in [5.41, 5.74) is 10.3. The fourth-order valence-electron chi connectivity index (χ4n) is 3.56. The van der Waals surface area contributed by atoms with Crippen LogP contribution in [0.1, 0.15) is 0 Å². The zero-order chi connectivity index (χ0) is 21.6. The van der Waals surface area contributed by atoms with Gasteiger partial charge in [0.25, 0.3) is 0 Å². The maximum atomic E-state index is 11.8. The highest BCUT2D eigenvalue weighted by Crippen LogP contribution is 2.34. The van der Waals surface area contributed by atoms with Crippen molar-refractivity contribution in [3.63, 3.8) is 0 Å². The number of rotatable bonds is 3. The van der Waals surface area contributed by atoms with E-state index >= 15 is 0 Å². The summed E-state index contributed by atoms with van der Waals surface area (Å²) >= 11 is 3.51. The van der Waals surface area contributed by atoms with Crippen LogP contribution < -0.4 is 10.6 Å². The topological polar surface area (TPSA) is 119 Å². The van der Waals surface area contributed by atoms with Gasteiger partial charge in [-0.3, -0.25) is 9.97 Å². The van der Waals surface area contributed by atoms with Crippen molar-refractivity contribution in [2.75, 3.05) is 35.2 Å². The van der Waals surface area contributed by atoms with Crippen molar-refractivity contribution >= 4 is 43.1 Å². The van der Waals surface area contributed by atoms with E-state index in [1.165, 1.54) is 0 Å². The maximum absolute atomic E-state index is 11.8. The molecule has 158 valence electrons. The molecule has 0 radical (unpaired) electrons. The summed E-state index contributed by atoms with van der Waals surface area (Å²) in [6.07, 6.45) is 6.96. The Morgan fingerprint density at radius 1 is 1.03 bits per heavy atom. The van der Waals surface area contributed by atoms with Gasteiger partial charge in [-0.2, -0.15) is 9.61 Å². The molecular weight excluding hydrogens is 482 g/mol. The van der Waals surface area contributed by atoms with E-state index in [1.54, 1.807) is 29.3 Å². The minimum absolute atomic E-state index is 0.0953. The van der Waals surface area contributed by atoms with E-state index in [4.69, 9.17) is 10.7 Å². The molecule has 0 unspecified atom stereocenters. The molecule has 1 fully saturated rings. The molecule has 0 aliphatic carbocycles. The van der Waals surface area contributed by atoms with Crippen LogP contribution in [-0.2, 0) is 9.84 Å². The third kappa shape index (κ3) is 3.63. The number of hydrogen-bond donors (Lipinski definition) is 1. The van der Waals surface area contributed by atoms with E-state index in [-0.39, 0.29) is 11.5 Å². The lowest BCUT2D eigenvalue weighted by atomic mass is 10.1. The van der Waals surface area contributed by atoms with E-state index in [1.807, 2.05) is 29.2 Å². The molecule has 0 spiro atoms. The molecule has 1 saturated heterocycles. The minimum atomic E-state index is -3.00. The molecule has 0 amide bonds. The Morgan fingerprint density at radius 2 is 1.84 bits per heavy atom. The van der Waals surface area contributed by atoms with Gasteiger partial charge in [-0.25, -0.2) is 13.4 Å². The van der Waals surface area contributed by atoms with Crippen molar-refractivity contribution < 1.29 is 8.42 Å². The standard InChI is InChI=1S/C20H18BrN7O2S/c21-17-18(22)28-19(26-20(17)27-6-8-31(29,30)9-7-27)15(12-25-28)13-3-4-16(24-11-13)14-2-1-5-23-10-14/h1-5,10-12H,6-9,22H2. The summed E-state index contributed by atoms with van der Waals surface area (Å²) < 4.78 is 25.8. The molecule has 1 aliphatic rings. The van der Waals surface area contributed by atoms with E-state index in [2.05, 4.69) is 31.0 Å². The lowest BCUT2D eigenvalue weighted by Gasteiger charge is -2.28. The molecule has 0 atom stereocenters. The second-order valence-corrected chi connectivity index (χ2v) is 10.3. The molecule has 31 heavy (non-hydrogen) atoms. The first-order chi connectivity index (χ1) is 14.9. The normalized spacial score (nSPS) is 16.0. The molecule has 1 aliphatic heterocycles. The van der Waals surface area contributed by atoms with Gasteiger partial charge in [0.2, 0.25) is 0 Å². The minimum Gasteiger partial charge on any atom is -0.383 e. The van der Waals surface area contributed by atoms with Gasteiger partial charge in [-0.05, 0) is 34.1 Å². The smallest absolute Gasteiger partial charge is 0.167 e. The van der Waals surface area contributed by atoms with E-state index < -0.39 is 9.84 Å². The fourth-order valence-corrected chi connectivity index (χ4v) is 5.27. The van der Waals surface area contributed by atoms with Crippen LogP contribution in [0.2, 0.25) is 0 Å². The molecular formula is C20H18BrN7O2S. The Bertz CT molecular complexity index is 1360. The first-order valence-electron chi connectivity index (χ1n) is 9.58. The summed E-state index contributed by atoms with van der Waals surface area (Å²) in [4.78, 5) is 15.4. The molecule has 9 nitrogen and oxygen atoms in total. The van der Waals surface area contributed by atoms with Gasteiger partial charge in [0.15, 0.2) is 15.5 Å². The van der Waals surface area contributed by atoms with Gasteiger partial charge in [0, 0.05) is 48.4 Å². The zero-order valence-electron chi connectivity index (χ0n) is 16.3. The van der Waals surface area contributed by atoms with Crippen molar-refractivity contribution in [3.8, 4) is 22.4 Å². The largest absolute Gasteiger partial charge is 0.383 e. The molecule has 0 bridgehead atoms. The Balaban J connectivity index is 1.55. The number of anilines is 2. The number of pyridine rings is 2. The number of aromatic nitrogens is 5. The number of hydrogen-bond acceptors (Lipinski definition) is 8. The van der Waals surface area contributed by atoms with Gasteiger partial charge in [-0.1, -0.05) is 6.07 Å². The van der Waals surface area contributed by atoms with Gasteiger partial charge in [0.05, 0.1) is 23.4 Å². The average Bonchev–Trinajstić information content (AvgIpc) is 3.21. The van der Waals surface area contributed by atoms with Crippen LogP contribution in [0, 0.1) is 0 Å². The summed E-state index contributed by atoms with van der Waals surface area (Å²) in [7, 11) is -3.00. The highest BCUT2D eigenvalue weighted by atomic mass is 79.9. The third-order valence-electron chi connectivity index (χ3n) is 5.28. The number of sulfone groups is 1. The van der Waals surface area contributed by atoms with Crippen molar-refractivity contribution in [2.45, 2.75) is 0 Å². The second-order valence-electron chi connectivity index (χ2n) is 7.24. The average molecular weight is 500 g/mol.